The third-order valence-corrected chi connectivity index (χ3v) is 5.26. The molecule has 0 spiro atoms. The van der Waals surface area contributed by atoms with Gasteiger partial charge >= 0.3 is 0 Å². The minimum atomic E-state index is 0.298. The number of hydrogen-bond donors (Lipinski definition) is 1. The molecule has 2 aliphatic carbocycles. The molecule has 0 atom stereocenters. The maximum atomic E-state index is 9.24. The molecule has 0 amide bonds. The molecule has 3 aromatic rings. The van der Waals surface area contributed by atoms with Gasteiger partial charge in [0.1, 0.15) is 5.65 Å². The Morgan fingerprint density at radius 3 is 2.87 bits per heavy atom. The Labute approximate surface area is 134 Å². The van der Waals surface area contributed by atoms with Crippen molar-refractivity contribution in [1.29, 1.82) is 0 Å². The maximum absolute atomic E-state index is 9.24. The van der Waals surface area contributed by atoms with E-state index in [-0.39, 0.29) is 0 Å². The van der Waals surface area contributed by atoms with E-state index in [2.05, 4.69) is 38.8 Å². The maximum Gasteiger partial charge on any atom is 0.144 e. The number of rotatable bonds is 4. The summed E-state index contributed by atoms with van der Waals surface area (Å²) in [4.78, 5) is 4.54. The number of nitrogens with zero attached hydrogens (tertiary/aromatic N) is 4. The van der Waals surface area contributed by atoms with Crippen LogP contribution in [0, 0.1) is 5.92 Å². The monoisotopic (exact) mass is 308 g/mol. The summed E-state index contributed by atoms with van der Waals surface area (Å²) in [5.74, 6) is 1.05. The van der Waals surface area contributed by atoms with Crippen LogP contribution in [0.2, 0.25) is 0 Å². The van der Waals surface area contributed by atoms with Crippen molar-refractivity contribution in [1.82, 2.24) is 19.3 Å². The molecule has 23 heavy (non-hydrogen) atoms. The van der Waals surface area contributed by atoms with Gasteiger partial charge in [-0.25, -0.2) is 4.98 Å². The summed E-state index contributed by atoms with van der Waals surface area (Å²) in [7, 11) is 0. The molecule has 0 unspecified atom stereocenters. The Bertz CT molecular complexity index is 855. The van der Waals surface area contributed by atoms with Crippen LogP contribution in [0.5, 0.6) is 0 Å². The number of fused-ring (bicyclic) bond motifs is 1. The number of aliphatic hydroxyl groups is 1. The highest BCUT2D eigenvalue weighted by molar-refractivity contribution is 5.78. The minimum absolute atomic E-state index is 0.298. The molecule has 0 radical (unpaired) electrons. The molecule has 0 aromatic carbocycles. The van der Waals surface area contributed by atoms with Crippen molar-refractivity contribution in [2.24, 2.45) is 5.92 Å². The van der Waals surface area contributed by atoms with Gasteiger partial charge in [-0.2, -0.15) is 5.10 Å². The first kappa shape index (κ1) is 13.3. The van der Waals surface area contributed by atoms with E-state index in [4.69, 9.17) is 5.10 Å². The quantitative estimate of drug-likeness (QED) is 0.806. The molecule has 3 heterocycles. The van der Waals surface area contributed by atoms with Gasteiger partial charge in [0.15, 0.2) is 0 Å². The van der Waals surface area contributed by atoms with Crippen molar-refractivity contribution < 1.29 is 5.11 Å². The topological polar surface area (TPSA) is 55.9 Å². The molecule has 5 nitrogen and oxygen atoms in total. The van der Waals surface area contributed by atoms with Crippen molar-refractivity contribution in [2.45, 2.75) is 37.6 Å². The van der Waals surface area contributed by atoms with E-state index in [0.717, 1.165) is 23.9 Å². The smallest absolute Gasteiger partial charge is 0.144 e. The Hall–Kier alpha value is -2.14. The van der Waals surface area contributed by atoms with Crippen molar-refractivity contribution in [3.63, 3.8) is 0 Å². The predicted molar refractivity (Wildman–Crippen MR) is 87.7 cm³/mol. The Morgan fingerprint density at radius 2 is 2.09 bits per heavy atom. The highest BCUT2D eigenvalue weighted by Crippen LogP contribution is 2.44. The predicted octanol–water partition coefficient (Wildman–Crippen LogP) is 3.04. The van der Waals surface area contributed by atoms with E-state index < -0.39 is 0 Å². The van der Waals surface area contributed by atoms with E-state index in [9.17, 15) is 5.11 Å². The van der Waals surface area contributed by atoms with E-state index in [1.165, 1.54) is 24.2 Å². The molecule has 1 N–H and O–H groups in total. The van der Waals surface area contributed by atoms with Gasteiger partial charge in [0.25, 0.3) is 0 Å². The van der Waals surface area contributed by atoms with Crippen LogP contribution in [0.3, 0.4) is 0 Å². The first-order valence-corrected chi connectivity index (χ1v) is 8.46. The average molecular weight is 308 g/mol. The zero-order chi connectivity index (χ0) is 15.4. The molecule has 0 aliphatic heterocycles. The lowest BCUT2D eigenvalue weighted by molar-refractivity contribution is 0.105. The van der Waals surface area contributed by atoms with E-state index in [1.807, 2.05) is 12.3 Å². The summed E-state index contributed by atoms with van der Waals surface area (Å²) in [5, 5.41) is 15.3. The van der Waals surface area contributed by atoms with Crippen LogP contribution in [0.25, 0.3) is 16.7 Å². The van der Waals surface area contributed by atoms with Crippen LogP contribution in [0.15, 0.2) is 36.8 Å². The minimum Gasteiger partial charge on any atom is -0.396 e. The normalized spacial score (nSPS) is 24.0. The fraction of sp³-hybridized carbons (Fsp3) is 0.444. The highest BCUT2D eigenvalue weighted by Gasteiger charge is 2.34. The Morgan fingerprint density at radius 1 is 1.22 bits per heavy atom. The van der Waals surface area contributed by atoms with Crippen LogP contribution >= 0.6 is 0 Å². The van der Waals surface area contributed by atoms with Crippen LogP contribution in [0.4, 0.5) is 0 Å². The second kappa shape index (κ2) is 4.93. The molecular formula is C18H20N4O. The molecule has 2 fully saturated rings. The van der Waals surface area contributed by atoms with Crippen LogP contribution in [-0.2, 0) is 0 Å². The lowest BCUT2D eigenvalue weighted by Crippen LogP contribution is -2.29. The third-order valence-electron chi connectivity index (χ3n) is 5.26. The van der Waals surface area contributed by atoms with Crippen LogP contribution in [0.1, 0.15) is 43.3 Å². The Balaban J connectivity index is 1.58. The summed E-state index contributed by atoms with van der Waals surface area (Å²) in [6.45, 7) is 0.298. The van der Waals surface area contributed by atoms with Gasteiger partial charge in [-0.1, -0.05) is 0 Å². The second-order valence-corrected chi connectivity index (χ2v) is 6.93. The van der Waals surface area contributed by atoms with E-state index in [1.54, 1.807) is 0 Å². The largest absolute Gasteiger partial charge is 0.396 e. The molecule has 5 heteroatoms. The highest BCUT2D eigenvalue weighted by atomic mass is 16.3. The van der Waals surface area contributed by atoms with Crippen molar-refractivity contribution >= 4 is 11.0 Å². The first-order chi connectivity index (χ1) is 11.3. The number of hydrogen-bond acceptors (Lipinski definition) is 3. The number of aromatic nitrogens is 4. The van der Waals surface area contributed by atoms with Crippen molar-refractivity contribution in [3.05, 3.63) is 42.5 Å². The standard InChI is InChI=1S/C18H20N4O/c23-11-12-8-15(9-12)22-10-16(17(20-22)13-3-4-13)21-7-5-14-2-1-6-19-18(14)21/h1-2,5-7,10,12-13,15,23H,3-4,8-9,11H2. The van der Waals surface area contributed by atoms with Crippen LogP contribution in [-0.4, -0.2) is 31.0 Å². The lowest BCUT2D eigenvalue weighted by atomic mass is 9.81. The summed E-state index contributed by atoms with van der Waals surface area (Å²) in [6, 6.07) is 6.62. The van der Waals surface area contributed by atoms with Crippen molar-refractivity contribution in [3.8, 4) is 5.69 Å². The second-order valence-electron chi connectivity index (χ2n) is 6.93. The molecule has 2 aliphatic rings. The van der Waals surface area contributed by atoms with Gasteiger partial charge in [-0.05, 0) is 49.8 Å². The number of pyridine rings is 1. The van der Waals surface area contributed by atoms with E-state index >= 15 is 0 Å². The van der Waals surface area contributed by atoms with Gasteiger partial charge in [0.2, 0.25) is 0 Å². The third kappa shape index (κ3) is 2.10. The van der Waals surface area contributed by atoms with Gasteiger partial charge in [0, 0.05) is 36.5 Å². The average Bonchev–Trinajstić information content (AvgIpc) is 3.15. The molecule has 3 aromatic heterocycles. The molecule has 0 bridgehead atoms. The molecule has 118 valence electrons. The Kier molecular flexibility index (Phi) is 2.85. The summed E-state index contributed by atoms with van der Waals surface area (Å²) < 4.78 is 4.30. The van der Waals surface area contributed by atoms with Gasteiger partial charge < -0.3 is 5.11 Å². The van der Waals surface area contributed by atoms with Gasteiger partial charge in [-0.15, -0.1) is 0 Å². The van der Waals surface area contributed by atoms with Gasteiger partial charge in [0.05, 0.1) is 17.4 Å². The van der Waals surface area contributed by atoms with E-state index in [0.29, 0.717) is 24.5 Å². The van der Waals surface area contributed by atoms with Crippen molar-refractivity contribution in [2.75, 3.05) is 6.61 Å². The summed E-state index contributed by atoms with van der Waals surface area (Å²) in [6.07, 6.45) is 10.7. The van der Waals surface area contributed by atoms with Gasteiger partial charge in [-0.3, -0.25) is 9.25 Å². The first-order valence-electron chi connectivity index (χ1n) is 8.46. The lowest BCUT2D eigenvalue weighted by Gasteiger charge is -2.34. The fourth-order valence-electron chi connectivity index (χ4n) is 3.64. The molecule has 5 rings (SSSR count). The molecule has 0 saturated heterocycles. The number of aliphatic hydroxyl groups excluding tert-OH is 1. The molecule has 2 saturated carbocycles. The molecular weight excluding hydrogens is 288 g/mol. The summed E-state index contributed by atoms with van der Waals surface area (Å²) >= 11 is 0. The zero-order valence-electron chi connectivity index (χ0n) is 13.0. The fourth-order valence-corrected chi connectivity index (χ4v) is 3.64. The zero-order valence-corrected chi connectivity index (χ0v) is 13.0. The SMILES string of the molecule is OCC1CC(n2cc(-n3ccc4cccnc43)c(C3CC3)n2)C1. The van der Waals surface area contributed by atoms with Crippen LogP contribution < -0.4 is 0 Å². The summed E-state index contributed by atoms with van der Waals surface area (Å²) in [5.41, 5.74) is 3.38.